The van der Waals surface area contributed by atoms with Crippen molar-refractivity contribution < 1.29 is 14.8 Å². The summed E-state index contributed by atoms with van der Waals surface area (Å²) in [6.45, 7) is 2.96. The Kier molecular flexibility index (Phi) is 17.9. The number of rotatable bonds is 17. The molecule has 0 bridgehead atoms. The molecule has 0 spiro atoms. The molecule has 0 unspecified atom stereocenters. The van der Waals surface area contributed by atoms with Crippen molar-refractivity contribution in [3.05, 3.63) is 0 Å². The second-order valence-electron chi connectivity index (χ2n) is 6.15. The standard InChI is InChI=1S/C17H37BO3/c1-2-3-4-5-6-7-8-9-10-11-12-13-14-15-16-21-17-18(19)20/h19-20H,2-17H2,1H3. The molecule has 4 heteroatoms. The molecule has 0 heterocycles. The lowest BCUT2D eigenvalue weighted by atomic mass is 9.95. The van der Waals surface area contributed by atoms with E-state index < -0.39 is 7.12 Å². The van der Waals surface area contributed by atoms with E-state index in [1.54, 1.807) is 0 Å². The molecule has 0 amide bonds. The highest BCUT2D eigenvalue weighted by Gasteiger charge is 2.04. The molecule has 0 saturated carbocycles. The van der Waals surface area contributed by atoms with Crippen LogP contribution < -0.4 is 0 Å². The molecule has 0 fully saturated rings. The first-order valence-electron chi connectivity index (χ1n) is 9.21. The Bertz CT molecular complexity index is 189. The molecule has 0 aliphatic rings. The second-order valence-corrected chi connectivity index (χ2v) is 6.15. The minimum Gasteiger partial charge on any atom is -0.426 e. The Labute approximate surface area is 132 Å². The summed E-state index contributed by atoms with van der Waals surface area (Å²) in [6.07, 6.45) is 18.9. The van der Waals surface area contributed by atoms with Crippen molar-refractivity contribution in [2.24, 2.45) is 0 Å². The van der Waals surface area contributed by atoms with E-state index in [0.29, 0.717) is 6.61 Å². The second kappa shape index (κ2) is 18.0. The Morgan fingerprint density at radius 3 is 1.38 bits per heavy atom. The van der Waals surface area contributed by atoms with Crippen LogP contribution in [0, 0.1) is 0 Å². The molecule has 0 atom stereocenters. The highest BCUT2D eigenvalue weighted by Crippen LogP contribution is 2.12. The van der Waals surface area contributed by atoms with Gasteiger partial charge in [0.15, 0.2) is 0 Å². The molecule has 0 aromatic heterocycles. The zero-order valence-electron chi connectivity index (χ0n) is 14.2. The van der Waals surface area contributed by atoms with Crippen molar-refractivity contribution in [3.63, 3.8) is 0 Å². The zero-order chi connectivity index (χ0) is 15.6. The van der Waals surface area contributed by atoms with E-state index in [4.69, 9.17) is 14.8 Å². The number of ether oxygens (including phenoxy) is 1. The minimum absolute atomic E-state index is 0.0401. The van der Waals surface area contributed by atoms with Gasteiger partial charge in [0, 0.05) is 6.61 Å². The van der Waals surface area contributed by atoms with Gasteiger partial charge in [0.05, 0.1) is 6.51 Å². The first kappa shape index (κ1) is 20.9. The van der Waals surface area contributed by atoms with Crippen molar-refractivity contribution in [1.29, 1.82) is 0 Å². The highest BCUT2D eigenvalue weighted by molar-refractivity contribution is 6.40. The molecule has 0 saturated heterocycles. The van der Waals surface area contributed by atoms with Gasteiger partial charge in [-0.1, -0.05) is 90.4 Å². The fourth-order valence-corrected chi connectivity index (χ4v) is 2.59. The van der Waals surface area contributed by atoms with Gasteiger partial charge in [0.25, 0.3) is 0 Å². The highest BCUT2D eigenvalue weighted by atomic mass is 16.5. The predicted octanol–water partition coefficient (Wildman–Crippen LogP) is 4.50. The topological polar surface area (TPSA) is 49.7 Å². The summed E-state index contributed by atoms with van der Waals surface area (Å²) in [5, 5.41) is 17.2. The van der Waals surface area contributed by atoms with Crippen molar-refractivity contribution in [2.45, 2.75) is 96.8 Å². The van der Waals surface area contributed by atoms with Crippen LogP contribution in [-0.2, 0) is 4.74 Å². The normalized spacial score (nSPS) is 11.0. The Balaban J connectivity index is 2.93. The lowest BCUT2D eigenvalue weighted by Crippen LogP contribution is -2.20. The fourth-order valence-electron chi connectivity index (χ4n) is 2.59. The van der Waals surface area contributed by atoms with Gasteiger partial charge in [0.1, 0.15) is 0 Å². The monoisotopic (exact) mass is 300 g/mol. The van der Waals surface area contributed by atoms with Gasteiger partial charge in [-0.15, -0.1) is 0 Å². The average molecular weight is 300 g/mol. The Morgan fingerprint density at radius 2 is 1.00 bits per heavy atom. The lowest BCUT2D eigenvalue weighted by Gasteiger charge is -2.04. The van der Waals surface area contributed by atoms with E-state index in [1.165, 1.54) is 83.5 Å². The van der Waals surface area contributed by atoms with E-state index in [0.717, 1.165) is 6.42 Å². The molecule has 3 nitrogen and oxygen atoms in total. The summed E-state index contributed by atoms with van der Waals surface area (Å²) < 4.78 is 5.10. The van der Waals surface area contributed by atoms with E-state index in [1.807, 2.05) is 0 Å². The van der Waals surface area contributed by atoms with Crippen LogP contribution in [0.2, 0.25) is 0 Å². The molecular formula is C17H37BO3. The smallest absolute Gasteiger partial charge is 0.426 e. The third kappa shape index (κ3) is 19.9. The van der Waals surface area contributed by atoms with Gasteiger partial charge < -0.3 is 14.8 Å². The maximum atomic E-state index is 8.60. The van der Waals surface area contributed by atoms with Gasteiger partial charge in [-0.2, -0.15) is 0 Å². The summed E-state index contributed by atoms with van der Waals surface area (Å²) in [5.41, 5.74) is 0. The molecule has 0 rings (SSSR count). The van der Waals surface area contributed by atoms with Crippen molar-refractivity contribution >= 4 is 7.12 Å². The third-order valence-electron chi connectivity index (χ3n) is 3.91. The molecule has 0 aromatic carbocycles. The summed E-state index contributed by atoms with van der Waals surface area (Å²) in [7, 11) is -1.32. The molecule has 21 heavy (non-hydrogen) atoms. The third-order valence-corrected chi connectivity index (χ3v) is 3.91. The molecule has 0 aromatic rings. The van der Waals surface area contributed by atoms with Gasteiger partial charge in [0.2, 0.25) is 0 Å². The predicted molar refractivity (Wildman–Crippen MR) is 91.3 cm³/mol. The van der Waals surface area contributed by atoms with Crippen molar-refractivity contribution in [3.8, 4) is 0 Å². The fraction of sp³-hybridized carbons (Fsp3) is 1.00. The largest absolute Gasteiger partial charge is 0.479 e. The van der Waals surface area contributed by atoms with Crippen LogP contribution in [-0.4, -0.2) is 30.3 Å². The van der Waals surface area contributed by atoms with Crippen LogP contribution in [0.25, 0.3) is 0 Å². The van der Waals surface area contributed by atoms with Crippen molar-refractivity contribution in [1.82, 2.24) is 0 Å². The van der Waals surface area contributed by atoms with E-state index in [9.17, 15) is 0 Å². The van der Waals surface area contributed by atoms with E-state index in [-0.39, 0.29) is 6.51 Å². The first-order valence-corrected chi connectivity index (χ1v) is 9.21. The molecule has 2 N–H and O–H groups in total. The summed E-state index contributed by atoms with van der Waals surface area (Å²) in [4.78, 5) is 0. The number of hydrogen-bond acceptors (Lipinski definition) is 3. The Morgan fingerprint density at radius 1 is 0.619 bits per heavy atom. The molecule has 0 aliphatic carbocycles. The maximum Gasteiger partial charge on any atom is 0.479 e. The van der Waals surface area contributed by atoms with Crippen molar-refractivity contribution in [2.75, 3.05) is 13.1 Å². The minimum atomic E-state index is -1.32. The zero-order valence-corrected chi connectivity index (χ0v) is 14.2. The average Bonchev–Trinajstić information content (AvgIpc) is 2.46. The molecular weight excluding hydrogens is 263 g/mol. The van der Waals surface area contributed by atoms with Gasteiger partial charge >= 0.3 is 7.12 Å². The van der Waals surface area contributed by atoms with Crippen LogP contribution in [0.4, 0.5) is 0 Å². The summed E-state index contributed by atoms with van der Waals surface area (Å²) in [6, 6.07) is 0. The van der Waals surface area contributed by atoms with Crippen LogP contribution in [0.15, 0.2) is 0 Å². The van der Waals surface area contributed by atoms with Gasteiger partial charge in [-0.25, -0.2) is 0 Å². The van der Waals surface area contributed by atoms with Crippen LogP contribution >= 0.6 is 0 Å². The lowest BCUT2D eigenvalue weighted by molar-refractivity contribution is 0.149. The Hall–Kier alpha value is -0.0551. The summed E-state index contributed by atoms with van der Waals surface area (Å²) >= 11 is 0. The summed E-state index contributed by atoms with van der Waals surface area (Å²) in [5.74, 6) is 0. The first-order chi connectivity index (χ1) is 10.3. The molecule has 0 radical (unpaired) electrons. The quantitative estimate of drug-likeness (QED) is 0.307. The molecule has 0 aliphatic heterocycles. The van der Waals surface area contributed by atoms with Crippen LogP contribution in [0.3, 0.4) is 0 Å². The van der Waals surface area contributed by atoms with E-state index >= 15 is 0 Å². The maximum absolute atomic E-state index is 8.60. The molecule has 126 valence electrons. The number of unbranched alkanes of at least 4 members (excludes halogenated alkanes) is 13. The number of hydrogen-bond donors (Lipinski definition) is 2. The van der Waals surface area contributed by atoms with Gasteiger partial charge in [-0.05, 0) is 6.42 Å². The van der Waals surface area contributed by atoms with Crippen LogP contribution in [0.5, 0.6) is 0 Å². The van der Waals surface area contributed by atoms with Gasteiger partial charge in [-0.3, -0.25) is 0 Å². The van der Waals surface area contributed by atoms with E-state index in [2.05, 4.69) is 6.92 Å². The SMILES string of the molecule is CCCCCCCCCCCCCCCCOCB(O)O. The van der Waals surface area contributed by atoms with Crippen LogP contribution in [0.1, 0.15) is 96.8 Å².